The number of hydrogen-bond acceptors (Lipinski definition) is 2. The summed E-state index contributed by atoms with van der Waals surface area (Å²) in [6, 6.07) is 2.08. The molecule has 0 fully saturated rings. The maximum absolute atomic E-state index is 11.8. The van der Waals surface area contributed by atoms with Crippen molar-refractivity contribution >= 4 is 5.91 Å². The molecule has 80 valence electrons. The van der Waals surface area contributed by atoms with Crippen LogP contribution in [0.15, 0.2) is 0 Å². The molecule has 0 aromatic rings. The first-order valence-corrected chi connectivity index (χ1v) is 5.26. The smallest absolute Gasteiger partial charge is 0.240 e. The number of carbonyl (C=O) groups excluding carboxylic acids is 1. The van der Waals surface area contributed by atoms with Crippen molar-refractivity contribution in [2.75, 3.05) is 13.1 Å². The van der Waals surface area contributed by atoms with Crippen molar-refractivity contribution in [2.45, 2.75) is 34.1 Å². The first-order valence-electron chi connectivity index (χ1n) is 5.26. The molecule has 0 saturated carbocycles. The predicted molar refractivity (Wildman–Crippen MR) is 56.5 cm³/mol. The Kier molecular flexibility index (Phi) is 5.94. The minimum absolute atomic E-state index is 0.0214. The van der Waals surface area contributed by atoms with Gasteiger partial charge in [-0.2, -0.15) is 5.26 Å². The molecule has 0 aliphatic rings. The molecule has 3 heteroatoms. The molecule has 3 nitrogen and oxygen atoms in total. The average Bonchev–Trinajstić information content (AvgIpc) is 2.14. The first-order chi connectivity index (χ1) is 6.58. The van der Waals surface area contributed by atoms with Crippen molar-refractivity contribution in [3.63, 3.8) is 0 Å². The number of nitriles is 1. The van der Waals surface area contributed by atoms with Crippen LogP contribution in [0.25, 0.3) is 0 Å². The molecule has 1 unspecified atom stereocenters. The van der Waals surface area contributed by atoms with Gasteiger partial charge in [-0.3, -0.25) is 4.79 Å². The molecule has 0 N–H and O–H groups in total. The Hall–Kier alpha value is -1.04. The Labute approximate surface area is 86.7 Å². The molecule has 1 amide bonds. The highest BCUT2D eigenvalue weighted by Gasteiger charge is 2.25. The van der Waals surface area contributed by atoms with E-state index in [4.69, 9.17) is 5.26 Å². The monoisotopic (exact) mass is 196 g/mol. The normalized spacial score (nSPS) is 12.3. The second kappa shape index (κ2) is 6.42. The van der Waals surface area contributed by atoms with Crippen molar-refractivity contribution in [3.8, 4) is 6.07 Å². The van der Waals surface area contributed by atoms with Crippen LogP contribution in [0.4, 0.5) is 0 Å². The minimum atomic E-state index is -0.485. The summed E-state index contributed by atoms with van der Waals surface area (Å²) in [6.07, 6.45) is 0.940. The van der Waals surface area contributed by atoms with E-state index in [0.717, 1.165) is 13.0 Å². The van der Waals surface area contributed by atoms with Crippen molar-refractivity contribution in [1.29, 1.82) is 5.26 Å². The zero-order valence-electron chi connectivity index (χ0n) is 9.58. The van der Waals surface area contributed by atoms with Gasteiger partial charge in [-0.1, -0.05) is 20.8 Å². The van der Waals surface area contributed by atoms with E-state index in [2.05, 4.69) is 6.07 Å². The highest BCUT2D eigenvalue weighted by Crippen LogP contribution is 2.13. The van der Waals surface area contributed by atoms with E-state index < -0.39 is 5.92 Å². The van der Waals surface area contributed by atoms with Gasteiger partial charge in [0.1, 0.15) is 5.92 Å². The predicted octanol–water partition coefficient (Wildman–Crippen LogP) is 2.04. The maximum Gasteiger partial charge on any atom is 0.240 e. The summed E-state index contributed by atoms with van der Waals surface area (Å²) >= 11 is 0. The molecule has 0 aliphatic heterocycles. The molecular weight excluding hydrogens is 176 g/mol. The Balaban J connectivity index is 4.47. The van der Waals surface area contributed by atoms with Gasteiger partial charge in [0, 0.05) is 13.1 Å². The van der Waals surface area contributed by atoms with E-state index >= 15 is 0 Å². The van der Waals surface area contributed by atoms with Crippen LogP contribution in [-0.2, 0) is 4.79 Å². The van der Waals surface area contributed by atoms with Crippen molar-refractivity contribution in [1.82, 2.24) is 4.90 Å². The molecule has 0 spiro atoms. The van der Waals surface area contributed by atoms with Crippen LogP contribution >= 0.6 is 0 Å². The Morgan fingerprint density at radius 1 is 1.43 bits per heavy atom. The van der Waals surface area contributed by atoms with Gasteiger partial charge < -0.3 is 4.90 Å². The summed E-state index contributed by atoms with van der Waals surface area (Å²) in [6.45, 7) is 9.24. The van der Waals surface area contributed by atoms with Gasteiger partial charge in [0.25, 0.3) is 0 Å². The van der Waals surface area contributed by atoms with Gasteiger partial charge in [0.2, 0.25) is 5.91 Å². The highest BCUT2D eigenvalue weighted by molar-refractivity contribution is 5.81. The van der Waals surface area contributed by atoms with Gasteiger partial charge in [0.05, 0.1) is 6.07 Å². The molecule has 0 aliphatic carbocycles. The number of nitrogens with zero attached hydrogens (tertiary/aromatic N) is 2. The van der Waals surface area contributed by atoms with Crippen LogP contribution in [0.5, 0.6) is 0 Å². The molecule has 0 aromatic carbocycles. The second-order valence-electron chi connectivity index (χ2n) is 3.77. The Bertz CT molecular complexity index is 218. The van der Waals surface area contributed by atoms with Crippen LogP contribution in [0, 0.1) is 23.2 Å². The van der Waals surface area contributed by atoms with E-state index in [1.807, 2.05) is 27.7 Å². The van der Waals surface area contributed by atoms with Gasteiger partial charge in [-0.25, -0.2) is 0 Å². The summed E-state index contributed by atoms with van der Waals surface area (Å²) in [4.78, 5) is 13.6. The Morgan fingerprint density at radius 2 is 2.00 bits per heavy atom. The van der Waals surface area contributed by atoms with E-state index in [1.54, 1.807) is 4.90 Å². The molecule has 0 saturated heterocycles. The van der Waals surface area contributed by atoms with E-state index in [-0.39, 0.29) is 11.8 Å². The number of carbonyl (C=O) groups is 1. The number of rotatable bonds is 5. The van der Waals surface area contributed by atoms with Crippen molar-refractivity contribution in [2.24, 2.45) is 11.8 Å². The lowest BCUT2D eigenvalue weighted by Gasteiger charge is -2.24. The first kappa shape index (κ1) is 13.0. The molecular formula is C11H20N2O. The lowest BCUT2D eigenvalue weighted by molar-refractivity contribution is -0.134. The summed E-state index contributed by atoms with van der Waals surface area (Å²) in [5.74, 6) is -0.410. The molecule has 0 rings (SSSR count). The molecule has 0 heterocycles. The molecule has 14 heavy (non-hydrogen) atoms. The fourth-order valence-electron chi connectivity index (χ4n) is 1.38. The quantitative estimate of drug-likeness (QED) is 0.675. The fraction of sp³-hybridized carbons (Fsp3) is 0.818. The topological polar surface area (TPSA) is 44.1 Å². The number of amides is 1. The Morgan fingerprint density at radius 3 is 2.29 bits per heavy atom. The zero-order chi connectivity index (χ0) is 11.1. The third-order valence-corrected chi connectivity index (χ3v) is 2.26. The zero-order valence-corrected chi connectivity index (χ0v) is 9.58. The summed E-state index contributed by atoms with van der Waals surface area (Å²) in [5.41, 5.74) is 0. The SMILES string of the molecule is CCCN(CC)C(=O)C(C#N)C(C)C. The second-order valence-corrected chi connectivity index (χ2v) is 3.77. The van der Waals surface area contributed by atoms with Crippen LogP contribution in [0.3, 0.4) is 0 Å². The lowest BCUT2D eigenvalue weighted by Crippen LogP contribution is -2.38. The van der Waals surface area contributed by atoms with E-state index in [9.17, 15) is 4.79 Å². The van der Waals surface area contributed by atoms with Crippen LogP contribution in [0.2, 0.25) is 0 Å². The molecule has 0 radical (unpaired) electrons. The molecule has 1 atom stereocenters. The van der Waals surface area contributed by atoms with Gasteiger partial charge in [0.15, 0.2) is 0 Å². The van der Waals surface area contributed by atoms with Crippen molar-refractivity contribution in [3.05, 3.63) is 0 Å². The summed E-state index contributed by atoms with van der Waals surface area (Å²) in [5, 5.41) is 8.88. The lowest BCUT2D eigenvalue weighted by atomic mass is 9.96. The maximum atomic E-state index is 11.8. The number of hydrogen-bond donors (Lipinski definition) is 0. The third kappa shape index (κ3) is 3.37. The van der Waals surface area contributed by atoms with Gasteiger partial charge >= 0.3 is 0 Å². The van der Waals surface area contributed by atoms with Crippen LogP contribution < -0.4 is 0 Å². The van der Waals surface area contributed by atoms with E-state index in [0.29, 0.717) is 6.54 Å². The third-order valence-electron chi connectivity index (χ3n) is 2.26. The highest BCUT2D eigenvalue weighted by atomic mass is 16.2. The van der Waals surface area contributed by atoms with E-state index in [1.165, 1.54) is 0 Å². The fourth-order valence-corrected chi connectivity index (χ4v) is 1.38. The average molecular weight is 196 g/mol. The standard InChI is InChI=1S/C11H20N2O/c1-5-7-13(6-2)11(14)10(8-12)9(3)4/h9-10H,5-7H2,1-4H3. The largest absolute Gasteiger partial charge is 0.342 e. The minimum Gasteiger partial charge on any atom is -0.342 e. The van der Waals surface area contributed by atoms with Crippen LogP contribution in [0.1, 0.15) is 34.1 Å². The summed E-state index contributed by atoms with van der Waals surface area (Å²) < 4.78 is 0. The molecule has 0 bridgehead atoms. The summed E-state index contributed by atoms with van der Waals surface area (Å²) in [7, 11) is 0. The van der Waals surface area contributed by atoms with Gasteiger partial charge in [-0.05, 0) is 19.3 Å². The molecule has 0 aromatic heterocycles. The van der Waals surface area contributed by atoms with Crippen LogP contribution in [-0.4, -0.2) is 23.9 Å². The van der Waals surface area contributed by atoms with Gasteiger partial charge in [-0.15, -0.1) is 0 Å². The van der Waals surface area contributed by atoms with Crippen molar-refractivity contribution < 1.29 is 4.79 Å².